The molecule has 8 nitrogen and oxygen atoms in total. The lowest BCUT2D eigenvalue weighted by atomic mass is 10.1. The molecule has 2 heterocycles. The fourth-order valence-corrected chi connectivity index (χ4v) is 4.32. The van der Waals surface area contributed by atoms with Crippen molar-refractivity contribution in [3.63, 3.8) is 0 Å². The molecule has 0 N–H and O–H groups in total. The molecule has 166 valence electrons. The van der Waals surface area contributed by atoms with Crippen LogP contribution in [-0.2, 0) is 4.79 Å². The highest BCUT2D eigenvalue weighted by Crippen LogP contribution is 2.36. The lowest BCUT2D eigenvalue weighted by Gasteiger charge is -2.11. The quantitative estimate of drug-likeness (QED) is 0.157. The number of nitrogens with zero attached hydrogens (tertiary/aromatic N) is 2. The molecule has 0 radical (unpaired) electrons. The van der Waals surface area contributed by atoms with Crippen molar-refractivity contribution in [1.82, 2.24) is 4.90 Å². The van der Waals surface area contributed by atoms with E-state index in [4.69, 9.17) is 16.0 Å². The van der Waals surface area contributed by atoms with E-state index in [1.165, 1.54) is 24.3 Å². The number of Topliss-reactive ketones (excluding diaryl/α,β-unsaturated/α-hetero) is 1. The normalized spacial score (nSPS) is 14.8. The van der Waals surface area contributed by atoms with Gasteiger partial charge in [0.25, 0.3) is 16.8 Å². The Labute approximate surface area is 204 Å². The van der Waals surface area contributed by atoms with Crippen LogP contribution in [0.1, 0.15) is 16.1 Å². The third-order valence-electron chi connectivity index (χ3n) is 4.67. The Morgan fingerprint density at radius 3 is 2.58 bits per heavy atom. The van der Waals surface area contributed by atoms with Crippen molar-refractivity contribution in [3.05, 3.63) is 90.4 Å². The summed E-state index contributed by atoms with van der Waals surface area (Å²) < 4.78 is 6.48. The van der Waals surface area contributed by atoms with Gasteiger partial charge in [0.2, 0.25) is 0 Å². The molecule has 0 spiro atoms. The molecule has 0 aliphatic carbocycles. The molecule has 0 atom stereocenters. The summed E-state index contributed by atoms with van der Waals surface area (Å²) in [4.78, 5) is 49.0. The number of hydrogen-bond donors (Lipinski definition) is 0. The Hall–Kier alpha value is -3.21. The lowest BCUT2D eigenvalue weighted by molar-refractivity contribution is -0.384. The molecular weight excluding hydrogens is 536 g/mol. The first-order chi connectivity index (χ1) is 15.7. The number of nitro groups is 1. The lowest BCUT2D eigenvalue weighted by Crippen LogP contribution is -2.33. The fraction of sp³-hybridized carbons (Fsp3) is 0.0455. The maximum Gasteiger partial charge on any atom is 0.293 e. The summed E-state index contributed by atoms with van der Waals surface area (Å²) in [7, 11) is 0. The van der Waals surface area contributed by atoms with Crippen LogP contribution in [-0.4, -0.2) is 33.3 Å². The number of ketones is 1. The van der Waals surface area contributed by atoms with Crippen molar-refractivity contribution in [1.29, 1.82) is 0 Å². The van der Waals surface area contributed by atoms with E-state index in [2.05, 4.69) is 15.9 Å². The Balaban J connectivity index is 1.53. The van der Waals surface area contributed by atoms with Crippen LogP contribution in [0.15, 0.2) is 68.4 Å². The van der Waals surface area contributed by atoms with E-state index in [0.29, 0.717) is 22.9 Å². The summed E-state index contributed by atoms with van der Waals surface area (Å²) in [6, 6.07) is 13.7. The largest absolute Gasteiger partial charge is 0.457 e. The molecule has 0 bridgehead atoms. The van der Waals surface area contributed by atoms with Gasteiger partial charge in [-0.2, -0.15) is 0 Å². The average Bonchev–Trinajstić information content (AvgIpc) is 3.34. The van der Waals surface area contributed by atoms with E-state index < -0.39 is 16.1 Å². The number of carbonyl (C=O) groups is 3. The number of imide groups is 1. The maximum atomic E-state index is 12.7. The molecule has 3 aromatic rings. The minimum Gasteiger partial charge on any atom is -0.457 e. The minimum absolute atomic E-state index is 0.0923. The van der Waals surface area contributed by atoms with E-state index in [1.807, 2.05) is 0 Å². The van der Waals surface area contributed by atoms with E-state index in [1.54, 1.807) is 36.4 Å². The fourth-order valence-electron chi connectivity index (χ4n) is 3.03. The summed E-state index contributed by atoms with van der Waals surface area (Å²) in [6.07, 6.45) is 1.38. The zero-order chi connectivity index (χ0) is 23.7. The molecule has 1 fully saturated rings. The molecular formula is C22H12BrClN2O6S. The zero-order valence-corrected chi connectivity index (χ0v) is 19.6. The van der Waals surface area contributed by atoms with Crippen molar-refractivity contribution >= 4 is 68.0 Å². The first kappa shape index (κ1) is 23.0. The SMILES string of the molecule is O=C(CN1C(=O)S/C(=C/c2ccc(-c3cc([N+](=O)[O-])ccc3Cl)o2)C1=O)c1ccc(Br)cc1. The molecule has 4 rings (SSSR count). The van der Waals surface area contributed by atoms with Crippen LogP contribution in [0.2, 0.25) is 5.02 Å². The van der Waals surface area contributed by atoms with Gasteiger partial charge in [-0.15, -0.1) is 0 Å². The molecule has 1 saturated heterocycles. The highest BCUT2D eigenvalue weighted by Gasteiger charge is 2.36. The van der Waals surface area contributed by atoms with Gasteiger partial charge in [0.1, 0.15) is 11.5 Å². The number of amides is 2. The van der Waals surface area contributed by atoms with Gasteiger partial charge in [-0.05, 0) is 42.1 Å². The molecule has 2 amide bonds. The van der Waals surface area contributed by atoms with Crippen LogP contribution in [0.4, 0.5) is 10.5 Å². The molecule has 1 aliphatic heterocycles. The molecule has 2 aromatic carbocycles. The van der Waals surface area contributed by atoms with Crippen molar-refractivity contribution in [2.45, 2.75) is 0 Å². The van der Waals surface area contributed by atoms with Crippen LogP contribution in [0.5, 0.6) is 0 Å². The number of benzene rings is 2. The van der Waals surface area contributed by atoms with Crippen LogP contribution in [0, 0.1) is 10.1 Å². The number of hydrogen-bond acceptors (Lipinski definition) is 7. The summed E-state index contributed by atoms with van der Waals surface area (Å²) in [5.74, 6) is -0.467. The van der Waals surface area contributed by atoms with Crippen LogP contribution < -0.4 is 0 Å². The molecule has 1 aromatic heterocycles. The second-order valence-corrected chi connectivity index (χ2v) is 9.14. The van der Waals surface area contributed by atoms with Crippen molar-refractivity contribution in [3.8, 4) is 11.3 Å². The Kier molecular flexibility index (Phi) is 6.50. The smallest absolute Gasteiger partial charge is 0.293 e. The predicted molar refractivity (Wildman–Crippen MR) is 127 cm³/mol. The second kappa shape index (κ2) is 9.34. The molecule has 0 unspecified atom stereocenters. The first-order valence-corrected chi connectivity index (χ1v) is 11.3. The van der Waals surface area contributed by atoms with Crippen LogP contribution in [0.25, 0.3) is 17.4 Å². The monoisotopic (exact) mass is 546 g/mol. The van der Waals surface area contributed by atoms with Gasteiger partial charge in [0.15, 0.2) is 5.78 Å². The second-order valence-electron chi connectivity index (χ2n) is 6.82. The van der Waals surface area contributed by atoms with Crippen molar-refractivity contribution in [2.75, 3.05) is 6.54 Å². The summed E-state index contributed by atoms with van der Waals surface area (Å²) in [5.41, 5.74) is 0.549. The Morgan fingerprint density at radius 2 is 1.88 bits per heavy atom. The van der Waals surface area contributed by atoms with Gasteiger partial charge in [-0.25, -0.2) is 0 Å². The van der Waals surface area contributed by atoms with E-state index >= 15 is 0 Å². The molecule has 11 heteroatoms. The van der Waals surface area contributed by atoms with Crippen molar-refractivity contribution in [2.24, 2.45) is 0 Å². The summed E-state index contributed by atoms with van der Waals surface area (Å²) in [6.45, 7) is -0.379. The third kappa shape index (κ3) is 4.92. The zero-order valence-electron chi connectivity index (χ0n) is 16.5. The van der Waals surface area contributed by atoms with Gasteiger partial charge < -0.3 is 4.42 Å². The molecule has 1 aliphatic rings. The number of furan rings is 1. The summed E-state index contributed by atoms with van der Waals surface area (Å²) in [5, 5.41) is 10.7. The van der Waals surface area contributed by atoms with Gasteiger partial charge in [-0.3, -0.25) is 29.4 Å². The van der Waals surface area contributed by atoms with Gasteiger partial charge in [0.05, 0.1) is 21.4 Å². The van der Waals surface area contributed by atoms with Gasteiger partial charge in [-0.1, -0.05) is 39.7 Å². The maximum absolute atomic E-state index is 12.7. The minimum atomic E-state index is -0.609. The highest BCUT2D eigenvalue weighted by molar-refractivity contribution is 9.10. The Morgan fingerprint density at radius 1 is 1.15 bits per heavy atom. The Bertz CT molecular complexity index is 1330. The van der Waals surface area contributed by atoms with Gasteiger partial charge in [0, 0.05) is 33.8 Å². The topological polar surface area (TPSA) is 111 Å². The predicted octanol–water partition coefficient (Wildman–Crippen LogP) is 6.19. The van der Waals surface area contributed by atoms with Crippen LogP contribution >= 0.6 is 39.3 Å². The number of nitro benzene ring substituents is 1. The molecule has 33 heavy (non-hydrogen) atoms. The van der Waals surface area contributed by atoms with Crippen LogP contribution in [0.3, 0.4) is 0 Å². The average molecular weight is 548 g/mol. The molecule has 0 saturated carbocycles. The van der Waals surface area contributed by atoms with E-state index in [-0.39, 0.29) is 39.5 Å². The third-order valence-corrected chi connectivity index (χ3v) is 6.43. The van der Waals surface area contributed by atoms with E-state index in [9.17, 15) is 24.5 Å². The van der Waals surface area contributed by atoms with E-state index in [0.717, 1.165) is 9.37 Å². The standard InChI is InChI=1S/C22H12BrClN2O6S/c23-13-3-1-12(2-4-13)18(27)11-25-21(28)20(33-22(25)29)10-15-6-8-19(32-15)16-9-14(26(30)31)5-7-17(16)24/h1-10H,11H2/b20-10+. The highest BCUT2D eigenvalue weighted by atomic mass is 79.9. The van der Waals surface area contributed by atoms with Crippen molar-refractivity contribution < 1.29 is 23.7 Å². The number of rotatable bonds is 6. The number of carbonyl (C=O) groups excluding carboxylic acids is 3. The number of thioether (sulfide) groups is 1. The first-order valence-electron chi connectivity index (χ1n) is 9.31. The summed E-state index contributed by atoms with van der Waals surface area (Å²) >= 11 is 10.1. The number of non-ortho nitro benzene ring substituents is 1. The number of halogens is 2. The van der Waals surface area contributed by atoms with Gasteiger partial charge >= 0.3 is 0 Å².